The Hall–Kier alpha value is -1.31. The lowest BCUT2D eigenvalue weighted by molar-refractivity contribution is 1.35. The summed E-state index contributed by atoms with van der Waals surface area (Å²) >= 11 is 0. The molecule has 0 spiro atoms. The zero-order valence-electron chi connectivity index (χ0n) is 6.52. The Morgan fingerprint density at radius 1 is 1.55 bits per heavy atom. The van der Waals surface area contributed by atoms with E-state index in [2.05, 4.69) is 6.92 Å². The van der Waals surface area contributed by atoms with Gasteiger partial charge in [0.05, 0.1) is 0 Å². The first-order valence-electron chi connectivity index (χ1n) is 3.38. The van der Waals surface area contributed by atoms with Gasteiger partial charge in [0.2, 0.25) is 0 Å². The lowest BCUT2D eigenvalue weighted by Crippen LogP contribution is -2.12. The first-order valence-corrected chi connectivity index (χ1v) is 3.38. The van der Waals surface area contributed by atoms with Crippen LogP contribution in [0.4, 0.5) is 0 Å². The normalized spacial score (nSPS) is 9.64. The van der Waals surface area contributed by atoms with E-state index in [0.717, 1.165) is 16.7 Å². The zero-order chi connectivity index (χ0) is 8.43. The molecule has 0 saturated carbocycles. The van der Waals surface area contributed by atoms with Gasteiger partial charge in [0.1, 0.15) is 5.84 Å². The number of hydrogen-bond donors (Lipinski definition) is 2. The highest BCUT2D eigenvalue weighted by Crippen LogP contribution is 2.08. The van der Waals surface area contributed by atoms with Gasteiger partial charge in [-0.05, 0) is 25.0 Å². The second kappa shape index (κ2) is 2.74. The molecule has 0 saturated heterocycles. The molecule has 0 aliphatic rings. The maximum atomic E-state index is 7.20. The molecule has 0 fully saturated rings. The van der Waals surface area contributed by atoms with E-state index < -0.39 is 0 Å². The Morgan fingerprint density at radius 3 is 2.64 bits per heavy atom. The number of amidine groups is 1. The summed E-state index contributed by atoms with van der Waals surface area (Å²) in [6.45, 7) is 5.69. The molecule has 2 heteroatoms. The summed E-state index contributed by atoms with van der Waals surface area (Å²) in [6, 6.07) is 5.58. The molecular formula is C9H11N2. The van der Waals surface area contributed by atoms with Gasteiger partial charge in [-0.1, -0.05) is 18.2 Å². The van der Waals surface area contributed by atoms with Crippen molar-refractivity contribution in [2.24, 2.45) is 5.73 Å². The summed E-state index contributed by atoms with van der Waals surface area (Å²) < 4.78 is 0. The Balaban J connectivity index is 3.20. The highest BCUT2D eigenvalue weighted by Gasteiger charge is 1.99. The Kier molecular flexibility index (Phi) is 1.94. The second-order valence-electron chi connectivity index (χ2n) is 2.56. The van der Waals surface area contributed by atoms with Crippen LogP contribution in [0.1, 0.15) is 16.7 Å². The molecule has 57 valence electrons. The van der Waals surface area contributed by atoms with Gasteiger partial charge < -0.3 is 5.73 Å². The quantitative estimate of drug-likeness (QED) is 0.458. The number of nitrogens with one attached hydrogen (secondary N) is 1. The van der Waals surface area contributed by atoms with E-state index in [4.69, 9.17) is 11.1 Å². The number of nitrogens with two attached hydrogens (primary N) is 1. The standard InChI is InChI=1S/C9H11N2/c1-6-3-4-8(9(10)11)7(2)5-6/h3-5H,1H2,2H3,(H3,10,11). The van der Waals surface area contributed by atoms with Crippen LogP contribution in [0.3, 0.4) is 0 Å². The Bertz CT molecular complexity index is 290. The van der Waals surface area contributed by atoms with Crippen molar-refractivity contribution in [3.05, 3.63) is 41.8 Å². The third-order valence-corrected chi connectivity index (χ3v) is 1.58. The third kappa shape index (κ3) is 1.58. The van der Waals surface area contributed by atoms with Crippen LogP contribution in [0.2, 0.25) is 0 Å². The SMILES string of the molecule is [CH2]c1ccc(C(=N)N)c(C)c1. The van der Waals surface area contributed by atoms with E-state index in [1.807, 2.05) is 25.1 Å². The van der Waals surface area contributed by atoms with E-state index in [9.17, 15) is 0 Å². The maximum Gasteiger partial charge on any atom is 0.123 e. The fourth-order valence-corrected chi connectivity index (χ4v) is 1.03. The molecule has 1 aromatic rings. The molecule has 0 amide bonds. The summed E-state index contributed by atoms with van der Waals surface area (Å²) in [5, 5.41) is 7.20. The average molecular weight is 147 g/mol. The molecule has 0 aliphatic carbocycles. The molecule has 11 heavy (non-hydrogen) atoms. The molecule has 0 aliphatic heterocycles. The van der Waals surface area contributed by atoms with Crippen LogP contribution in [-0.4, -0.2) is 5.84 Å². The minimum Gasteiger partial charge on any atom is -0.384 e. The van der Waals surface area contributed by atoms with Crippen LogP contribution in [0, 0.1) is 19.3 Å². The highest BCUT2D eigenvalue weighted by atomic mass is 14.7. The van der Waals surface area contributed by atoms with Crippen molar-refractivity contribution in [2.45, 2.75) is 6.92 Å². The van der Waals surface area contributed by atoms with Gasteiger partial charge in [-0.25, -0.2) is 0 Å². The van der Waals surface area contributed by atoms with Gasteiger partial charge in [-0.15, -0.1) is 0 Å². The van der Waals surface area contributed by atoms with Crippen molar-refractivity contribution >= 4 is 5.84 Å². The lowest BCUT2D eigenvalue weighted by Gasteiger charge is -2.03. The third-order valence-electron chi connectivity index (χ3n) is 1.58. The van der Waals surface area contributed by atoms with E-state index in [1.54, 1.807) is 0 Å². The fourth-order valence-electron chi connectivity index (χ4n) is 1.03. The first kappa shape index (κ1) is 7.79. The van der Waals surface area contributed by atoms with Gasteiger partial charge in [0, 0.05) is 5.56 Å². The minimum atomic E-state index is 0.113. The molecule has 1 aromatic carbocycles. The second-order valence-corrected chi connectivity index (χ2v) is 2.56. The van der Waals surface area contributed by atoms with Crippen molar-refractivity contribution in [3.8, 4) is 0 Å². The molecule has 0 aromatic heterocycles. The van der Waals surface area contributed by atoms with Gasteiger partial charge in [0.25, 0.3) is 0 Å². The van der Waals surface area contributed by atoms with Crippen LogP contribution in [-0.2, 0) is 0 Å². The lowest BCUT2D eigenvalue weighted by atomic mass is 10.1. The van der Waals surface area contributed by atoms with Crippen molar-refractivity contribution in [1.82, 2.24) is 0 Å². The summed E-state index contributed by atoms with van der Waals surface area (Å²) in [4.78, 5) is 0. The molecule has 0 bridgehead atoms. The van der Waals surface area contributed by atoms with Crippen molar-refractivity contribution in [1.29, 1.82) is 5.41 Å². The topological polar surface area (TPSA) is 49.9 Å². The van der Waals surface area contributed by atoms with Crippen LogP contribution in [0.5, 0.6) is 0 Å². The molecule has 0 heterocycles. The molecule has 0 atom stereocenters. The van der Waals surface area contributed by atoms with Crippen molar-refractivity contribution < 1.29 is 0 Å². The Morgan fingerprint density at radius 2 is 2.18 bits per heavy atom. The van der Waals surface area contributed by atoms with E-state index >= 15 is 0 Å². The summed E-state index contributed by atoms with van der Waals surface area (Å²) in [5.41, 5.74) is 8.07. The smallest absolute Gasteiger partial charge is 0.123 e. The Labute approximate surface area is 66.6 Å². The van der Waals surface area contributed by atoms with Crippen LogP contribution in [0.15, 0.2) is 18.2 Å². The number of nitrogen functional groups attached to an aromatic ring is 1. The van der Waals surface area contributed by atoms with E-state index in [-0.39, 0.29) is 5.84 Å². The molecular weight excluding hydrogens is 136 g/mol. The summed E-state index contributed by atoms with van der Waals surface area (Å²) in [6.07, 6.45) is 0. The predicted octanol–water partition coefficient (Wildman–Crippen LogP) is 1.46. The first-order chi connectivity index (χ1) is 5.11. The van der Waals surface area contributed by atoms with Crippen LogP contribution >= 0.6 is 0 Å². The monoisotopic (exact) mass is 147 g/mol. The maximum absolute atomic E-state index is 7.20. The minimum absolute atomic E-state index is 0.113. The molecule has 1 rings (SSSR count). The highest BCUT2D eigenvalue weighted by molar-refractivity contribution is 5.96. The fraction of sp³-hybridized carbons (Fsp3) is 0.111. The van der Waals surface area contributed by atoms with Gasteiger partial charge in [-0.3, -0.25) is 5.41 Å². The van der Waals surface area contributed by atoms with Crippen LogP contribution in [0.25, 0.3) is 0 Å². The molecule has 2 nitrogen and oxygen atoms in total. The predicted molar refractivity (Wildman–Crippen MR) is 46.7 cm³/mol. The number of rotatable bonds is 1. The van der Waals surface area contributed by atoms with Gasteiger partial charge in [-0.2, -0.15) is 0 Å². The number of benzene rings is 1. The number of hydrogen-bond acceptors (Lipinski definition) is 1. The average Bonchev–Trinajstić information content (AvgIpc) is 1.85. The molecule has 0 unspecified atom stereocenters. The summed E-state index contributed by atoms with van der Waals surface area (Å²) in [5.74, 6) is 0.113. The van der Waals surface area contributed by atoms with E-state index in [0.29, 0.717) is 0 Å². The number of aryl methyl sites for hydroxylation is 1. The van der Waals surface area contributed by atoms with E-state index in [1.165, 1.54) is 0 Å². The molecule has 3 N–H and O–H groups in total. The largest absolute Gasteiger partial charge is 0.384 e. The van der Waals surface area contributed by atoms with Crippen molar-refractivity contribution in [2.75, 3.05) is 0 Å². The zero-order valence-corrected chi connectivity index (χ0v) is 6.52. The molecule has 1 radical (unpaired) electrons. The van der Waals surface area contributed by atoms with Gasteiger partial charge >= 0.3 is 0 Å². The van der Waals surface area contributed by atoms with Crippen molar-refractivity contribution in [3.63, 3.8) is 0 Å². The van der Waals surface area contributed by atoms with Crippen LogP contribution < -0.4 is 5.73 Å². The van der Waals surface area contributed by atoms with Gasteiger partial charge in [0.15, 0.2) is 0 Å². The summed E-state index contributed by atoms with van der Waals surface area (Å²) in [7, 11) is 0.